The first-order chi connectivity index (χ1) is 8.56. The van der Waals surface area contributed by atoms with Gasteiger partial charge in [-0.25, -0.2) is 0 Å². The lowest BCUT2D eigenvalue weighted by molar-refractivity contribution is -0.135. The zero-order valence-electron chi connectivity index (χ0n) is 11.2. The molecule has 0 aromatic carbocycles. The summed E-state index contributed by atoms with van der Waals surface area (Å²) in [6, 6.07) is 0. The van der Waals surface area contributed by atoms with E-state index in [-0.39, 0.29) is 0 Å². The Labute approximate surface area is 114 Å². The van der Waals surface area contributed by atoms with Gasteiger partial charge in [0.15, 0.2) is 0 Å². The molecule has 108 valence electrons. The first-order valence-corrected chi connectivity index (χ1v) is 7.49. The molecule has 6 heteroatoms. The summed E-state index contributed by atoms with van der Waals surface area (Å²) in [4.78, 5) is 18.9. The second-order valence-corrected chi connectivity index (χ2v) is 5.06. The third-order valence-corrected chi connectivity index (χ3v) is 3.17. The van der Waals surface area contributed by atoms with Gasteiger partial charge in [-0.3, -0.25) is 9.59 Å². The fourth-order valence-corrected chi connectivity index (χ4v) is 1.89. The maximum absolute atomic E-state index is 9.45. The highest BCUT2D eigenvalue weighted by atomic mass is 32.2. The smallest absolute Gasteiger partial charge is 0.306 e. The number of amides is 2. The maximum atomic E-state index is 9.45. The van der Waals surface area contributed by atoms with E-state index in [1.807, 2.05) is 11.8 Å². The van der Waals surface area contributed by atoms with Gasteiger partial charge < -0.3 is 16.6 Å². The standard InChI is InChI=1S/C10H22OS.C2H4N2O2/c1-2-3-4-5-6-7-9-12-10-8-11;3-1(5)2(4)6/h11H,2-10H2,1H3;(H2,3,5)(H2,4,6). The van der Waals surface area contributed by atoms with Crippen molar-refractivity contribution in [3.63, 3.8) is 0 Å². The maximum Gasteiger partial charge on any atom is 0.306 e. The van der Waals surface area contributed by atoms with Crippen molar-refractivity contribution < 1.29 is 14.7 Å². The SMILES string of the molecule is CCCCCCCCSCCO.NC(=O)C(N)=O. The van der Waals surface area contributed by atoms with Crippen molar-refractivity contribution >= 4 is 23.6 Å². The fraction of sp³-hybridized carbons (Fsp3) is 0.833. The zero-order valence-corrected chi connectivity index (χ0v) is 12.0. The molecule has 0 atom stereocenters. The molecule has 0 saturated carbocycles. The molecular formula is C12H26N2O3S. The third kappa shape index (κ3) is 20.6. The molecule has 5 N–H and O–H groups in total. The zero-order chi connectivity index (χ0) is 14.2. The van der Waals surface area contributed by atoms with Gasteiger partial charge in [0, 0.05) is 5.75 Å². The van der Waals surface area contributed by atoms with Gasteiger partial charge in [-0.2, -0.15) is 11.8 Å². The largest absolute Gasteiger partial charge is 0.396 e. The van der Waals surface area contributed by atoms with Crippen LogP contribution in [0.1, 0.15) is 45.4 Å². The summed E-state index contributed by atoms with van der Waals surface area (Å²) in [7, 11) is 0. The number of rotatable bonds is 9. The molecule has 2 amide bonds. The summed E-state index contributed by atoms with van der Waals surface area (Å²) in [6.45, 7) is 2.58. The minimum Gasteiger partial charge on any atom is -0.396 e. The first-order valence-electron chi connectivity index (χ1n) is 6.34. The number of thioether (sulfide) groups is 1. The Morgan fingerprint density at radius 1 is 0.944 bits per heavy atom. The molecule has 0 aromatic rings. The summed E-state index contributed by atoms with van der Waals surface area (Å²) in [6.07, 6.45) is 8.23. The van der Waals surface area contributed by atoms with Crippen LogP contribution < -0.4 is 11.5 Å². The van der Waals surface area contributed by atoms with E-state index in [0.717, 1.165) is 5.75 Å². The normalized spacial score (nSPS) is 9.44. The Kier molecular flexibility index (Phi) is 17.7. The van der Waals surface area contributed by atoms with E-state index >= 15 is 0 Å². The van der Waals surface area contributed by atoms with Crippen LogP contribution in [0.4, 0.5) is 0 Å². The predicted molar refractivity (Wildman–Crippen MR) is 76.2 cm³/mol. The van der Waals surface area contributed by atoms with E-state index in [1.165, 1.54) is 44.3 Å². The molecule has 0 aliphatic heterocycles. The van der Waals surface area contributed by atoms with Crippen LogP contribution in [0.2, 0.25) is 0 Å². The van der Waals surface area contributed by atoms with Gasteiger partial charge in [-0.15, -0.1) is 0 Å². The molecule has 18 heavy (non-hydrogen) atoms. The van der Waals surface area contributed by atoms with E-state index in [4.69, 9.17) is 5.11 Å². The van der Waals surface area contributed by atoms with Gasteiger partial charge in [-0.05, 0) is 12.2 Å². The van der Waals surface area contributed by atoms with Crippen LogP contribution >= 0.6 is 11.8 Å². The van der Waals surface area contributed by atoms with E-state index < -0.39 is 11.8 Å². The van der Waals surface area contributed by atoms with Crippen molar-refractivity contribution in [1.29, 1.82) is 0 Å². The number of carbonyl (C=O) groups excluding carboxylic acids is 2. The van der Waals surface area contributed by atoms with Crippen LogP contribution in [0.15, 0.2) is 0 Å². The Hall–Kier alpha value is -0.750. The number of unbranched alkanes of at least 4 members (excludes halogenated alkanes) is 5. The third-order valence-electron chi connectivity index (χ3n) is 2.12. The lowest BCUT2D eigenvalue weighted by Gasteiger charge is -1.99. The lowest BCUT2D eigenvalue weighted by Crippen LogP contribution is -2.29. The molecule has 0 aromatic heterocycles. The number of hydrogen-bond donors (Lipinski definition) is 3. The predicted octanol–water partition coefficient (Wildman–Crippen LogP) is 1.03. The van der Waals surface area contributed by atoms with Crippen molar-refractivity contribution in [3.8, 4) is 0 Å². The molecule has 0 heterocycles. The second kappa shape index (κ2) is 16.2. The summed E-state index contributed by atoms with van der Waals surface area (Å²) in [5, 5.41) is 8.52. The second-order valence-electron chi connectivity index (χ2n) is 3.83. The van der Waals surface area contributed by atoms with Crippen LogP contribution in [0.5, 0.6) is 0 Å². The average molecular weight is 278 g/mol. The van der Waals surface area contributed by atoms with Crippen LogP contribution in [0.3, 0.4) is 0 Å². The number of aliphatic hydroxyl groups excluding tert-OH is 1. The number of primary amides is 2. The van der Waals surface area contributed by atoms with Gasteiger partial charge in [0.05, 0.1) is 6.61 Å². The highest BCUT2D eigenvalue weighted by Gasteiger charge is 1.96. The van der Waals surface area contributed by atoms with E-state index in [2.05, 4.69) is 18.4 Å². The van der Waals surface area contributed by atoms with Gasteiger partial charge in [0.2, 0.25) is 0 Å². The average Bonchev–Trinajstić information content (AvgIpc) is 2.33. The molecule has 0 bridgehead atoms. The van der Waals surface area contributed by atoms with Gasteiger partial charge in [0.25, 0.3) is 0 Å². The number of aliphatic hydroxyl groups is 1. The van der Waals surface area contributed by atoms with Crippen molar-refractivity contribution in [2.45, 2.75) is 45.4 Å². The van der Waals surface area contributed by atoms with Crippen LogP contribution in [-0.2, 0) is 9.59 Å². The molecule has 0 radical (unpaired) electrons. The van der Waals surface area contributed by atoms with Gasteiger partial charge in [-0.1, -0.05) is 39.0 Å². The quantitative estimate of drug-likeness (QED) is 0.432. The number of nitrogens with two attached hydrogens (primary N) is 2. The van der Waals surface area contributed by atoms with Crippen LogP contribution in [0.25, 0.3) is 0 Å². The summed E-state index contributed by atoms with van der Waals surface area (Å²) >= 11 is 1.87. The first kappa shape index (κ1) is 19.6. The summed E-state index contributed by atoms with van der Waals surface area (Å²) in [5.74, 6) is -0.0632. The Balaban J connectivity index is 0. The van der Waals surface area contributed by atoms with E-state index in [0.29, 0.717) is 6.61 Å². The highest BCUT2D eigenvalue weighted by molar-refractivity contribution is 7.99. The van der Waals surface area contributed by atoms with Crippen LogP contribution in [-0.4, -0.2) is 35.0 Å². The minimum atomic E-state index is -1.10. The monoisotopic (exact) mass is 278 g/mol. The molecule has 0 unspecified atom stereocenters. The molecule has 0 rings (SSSR count). The molecule has 0 spiro atoms. The van der Waals surface area contributed by atoms with E-state index in [9.17, 15) is 9.59 Å². The summed E-state index contributed by atoms with van der Waals surface area (Å²) < 4.78 is 0. The minimum absolute atomic E-state index is 0.334. The van der Waals surface area contributed by atoms with Crippen molar-refractivity contribution in [2.75, 3.05) is 18.1 Å². The molecule has 0 fully saturated rings. The van der Waals surface area contributed by atoms with E-state index in [1.54, 1.807) is 0 Å². The summed E-state index contributed by atoms with van der Waals surface area (Å²) in [5.41, 5.74) is 8.64. The van der Waals surface area contributed by atoms with Gasteiger partial charge >= 0.3 is 11.8 Å². The molecule has 0 aliphatic rings. The Morgan fingerprint density at radius 2 is 1.44 bits per heavy atom. The van der Waals surface area contributed by atoms with Crippen molar-refractivity contribution in [1.82, 2.24) is 0 Å². The fourth-order valence-electron chi connectivity index (χ4n) is 1.15. The lowest BCUT2D eigenvalue weighted by atomic mass is 10.1. The highest BCUT2D eigenvalue weighted by Crippen LogP contribution is 2.08. The number of hydrogen-bond acceptors (Lipinski definition) is 4. The molecular weight excluding hydrogens is 252 g/mol. The number of carbonyl (C=O) groups is 2. The topological polar surface area (TPSA) is 106 Å². The molecule has 5 nitrogen and oxygen atoms in total. The Morgan fingerprint density at radius 3 is 1.89 bits per heavy atom. The molecule has 0 aliphatic carbocycles. The molecule has 0 saturated heterocycles. The van der Waals surface area contributed by atoms with Crippen LogP contribution in [0, 0.1) is 0 Å². The van der Waals surface area contributed by atoms with Crippen molar-refractivity contribution in [2.24, 2.45) is 11.5 Å². The Bertz CT molecular complexity index is 191. The van der Waals surface area contributed by atoms with Gasteiger partial charge in [0.1, 0.15) is 0 Å². The van der Waals surface area contributed by atoms with Crippen molar-refractivity contribution in [3.05, 3.63) is 0 Å².